The average molecular weight is 405 g/mol. The van der Waals surface area contributed by atoms with E-state index < -0.39 is 0 Å². The summed E-state index contributed by atoms with van der Waals surface area (Å²) in [5, 5.41) is 5.29. The van der Waals surface area contributed by atoms with Crippen molar-refractivity contribution in [2.45, 2.75) is 11.3 Å². The van der Waals surface area contributed by atoms with E-state index in [4.69, 9.17) is 16.3 Å². The molecule has 0 atom stereocenters. The number of hydrogen-bond acceptors (Lipinski definition) is 5. The van der Waals surface area contributed by atoms with E-state index in [1.165, 1.54) is 28.7 Å². The van der Waals surface area contributed by atoms with Crippen LogP contribution >= 0.6 is 34.7 Å². The van der Waals surface area contributed by atoms with Crippen LogP contribution in [0.25, 0.3) is 11.3 Å². The second-order valence-corrected chi connectivity index (χ2v) is 8.04. The van der Waals surface area contributed by atoms with Crippen LogP contribution in [0, 0.1) is 6.92 Å². The molecular formula is C19H17ClN2O2S2. The molecule has 0 bridgehead atoms. The Morgan fingerprint density at radius 2 is 2.04 bits per heavy atom. The third-order valence-corrected chi connectivity index (χ3v) is 5.91. The topological polar surface area (TPSA) is 51.2 Å². The van der Waals surface area contributed by atoms with Crippen molar-refractivity contribution in [3.63, 3.8) is 0 Å². The predicted octanol–water partition coefficient (Wildman–Crippen LogP) is 5.51. The molecule has 0 fully saturated rings. The van der Waals surface area contributed by atoms with E-state index in [9.17, 15) is 4.79 Å². The lowest BCUT2D eigenvalue weighted by atomic mass is 10.1. The zero-order valence-corrected chi connectivity index (χ0v) is 16.7. The molecule has 0 aliphatic heterocycles. The maximum Gasteiger partial charge on any atom is 0.234 e. The van der Waals surface area contributed by atoms with E-state index in [-0.39, 0.29) is 11.7 Å². The summed E-state index contributed by atoms with van der Waals surface area (Å²) in [5.74, 6) is 0.749. The van der Waals surface area contributed by atoms with Gasteiger partial charge in [0.2, 0.25) is 5.91 Å². The molecule has 2 aromatic carbocycles. The Balaban J connectivity index is 1.56. The molecule has 0 aliphatic rings. The fourth-order valence-electron chi connectivity index (χ4n) is 2.25. The maximum absolute atomic E-state index is 12.1. The zero-order chi connectivity index (χ0) is 18.5. The smallest absolute Gasteiger partial charge is 0.234 e. The van der Waals surface area contributed by atoms with Crippen molar-refractivity contribution in [3.05, 3.63) is 58.4 Å². The van der Waals surface area contributed by atoms with Gasteiger partial charge in [0, 0.05) is 16.6 Å². The molecule has 3 aromatic rings. The van der Waals surface area contributed by atoms with E-state index in [1.54, 1.807) is 25.3 Å². The average Bonchev–Trinajstić information content (AvgIpc) is 3.10. The Labute approximate surface area is 165 Å². The van der Waals surface area contributed by atoms with Crippen molar-refractivity contribution in [1.29, 1.82) is 0 Å². The number of thiazole rings is 1. The summed E-state index contributed by atoms with van der Waals surface area (Å²) in [6.45, 7) is 2.06. The van der Waals surface area contributed by atoms with Crippen molar-refractivity contribution in [2.75, 3.05) is 18.2 Å². The highest BCUT2D eigenvalue weighted by Gasteiger charge is 2.09. The highest BCUT2D eigenvalue weighted by molar-refractivity contribution is 8.01. The Morgan fingerprint density at radius 3 is 2.73 bits per heavy atom. The standard InChI is InChI=1S/C19H17ClN2O2S2/c1-12-3-5-13(6-4-12)16-10-25-19(22-16)26-11-18(23)21-14-7-8-17(24-2)15(20)9-14/h3-10H,11H2,1-2H3,(H,21,23). The van der Waals surface area contributed by atoms with Gasteiger partial charge in [-0.1, -0.05) is 53.2 Å². The molecule has 26 heavy (non-hydrogen) atoms. The van der Waals surface area contributed by atoms with Crippen LogP contribution in [-0.4, -0.2) is 23.8 Å². The van der Waals surface area contributed by atoms with Gasteiger partial charge in [0.05, 0.1) is 23.6 Å². The van der Waals surface area contributed by atoms with Gasteiger partial charge in [-0.25, -0.2) is 4.98 Å². The lowest BCUT2D eigenvalue weighted by Gasteiger charge is -2.07. The van der Waals surface area contributed by atoms with Crippen molar-refractivity contribution >= 4 is 46.3 Å². The maximum atomic E-state index is 12.1. The van der Waals surface area contributed by atoms with E-state index in [0.29, 0.717) is 16.5 Å². The van der Waals surface area contributed by atoms with Crippen LogP contribution in [0.2, 0.25) is 5.02 Å². The van der Waals surface area contributed by atoms with Crippen LogP contribution in [0.4, 0.5) is 5.69 Å². The van der Waals surface area contributed by atoms with Gasteiger partial charge in [0.15, 0.2) is 4.34 Å². The third-order valence-electron chi connectivity index (χ3n) is 3.59. The van der Waals surface area contributed by atoms with Gasteiger partial charge in [-0.15, -0.1) is 11.3 Å². The number of aryl methyl sites for hydroxylation is 1. The van der Waals surface area contributed by atoms with Crippen molar-refractivity contribution in [3.8, 4) is 17.0 Å². The molecule has 7 heteroatoms. The number of carbonyl (C=O) groups excluding carboxylic acids is 1. The van der Waals surface area contributed by atoms with Gasteiger partial charge in [-0.05, 0) is 25.1 Å². The van der Waals surface area contributed by atoms with Crippen LogP contribution in [-0.2, 0) is 4.79 Å². The van der Waals surface area contributed by atoms with Gasteiger partial charge in [-0.2, -0.15) is 0 Å². The normalized spacial score (nSPS) is 10.6. The number of anilines is 1. The monoisotopic (exact) mass is 404 g/mol. The van der Waals surface area contributed by atoms with E-state index in [1.807, 2.05) is 5.38 Å². The molecule has 3 rings (SSSR count). The second kappa shape index (κ2) is 8.58. The first kappa shape index (κ1) is 18.8. The largest absolute Gasteiger partial charge is 0.495 e. The Hall–Kier alpha value is -2.02. The summed E-state index contributed by atoms with van der Waals surface area (Å²) in [7, 11) is 1.55. The highest BCUT2D eigenvalue weighted by Crippen LogP contribution is 2.29. The Morgan fingerprint density at radius 1 is 1.27 bits per heavy atom. The van der Waals surface area contributed by atoms with Gasteiger partial charge < -0.3 is 10.1 Å². The molecule has 0 aliphatic carbocycles. The fraction of sp³-hybridized carbons (Fsp3) is 0.158. The number of carbonyl (C=O) groups is 1. The van der Waals surface area contributed by atoms with Crippen molar-refractivity contribution < 1.29 is 9.53 Å². The summed E-state index contributed by atoms with van der Waals surface area (Å²) in [4.78, 5) is 16.7. The molecule has 1 amide bonds. The van der Waals surface area contributed by atoms with Crippen LogP contribution < -0.4 is 10.1 Å². The summed E-state index contributed by atoms with van der Waals surface area (Å²) in [6.07, 6.45) is 0. The molecule has 1 heterocycles. The quantitative estimate of drug-likeness (QED) is 0.550. The molecular weight excluding hydrogens is 388 g/mol. The summed E-state index contributed by atoms with van der Waals surface area (Å²) < 4.78 is 5.96. The minimum atomic E-state index is -0.108. The highest BCUT2D eigenvalue weighted by atomic mass is 35.5. The van der Waals surface area contributed by atoms with Crippen LogP contribution in [0.1, 0.15) is 5.56 Å². The molecule has 0 saturated heterocycles. The SMILES string of the molecule is COc1ccc(NC(=O)CSc2nc(-c3ccc(C)cc3)cs2)cc1Cl. The summed E-state index contributed by atoms with van der Waals surface area (Å²) in [5.41, 5.74) is 3.87. The Kier molecular flexibility index (Phi) is 6.19. The van der Waals surface area contributed by atoms with Crippen molar-refractivity contribution in [2.24, 2.45) is 0 Å². The van der Waals surface area contributed by atoms with Crippen molar-refractivity contribution in [1.82, 2.24) is 4.98 Å². The lowest BCUT2D eigenvalue weighted by molar-refractivity contribution is -0.113. The van der Waals surface area contributed by atoms with Gasteiger partial charge in [0.1, 0.15) is 5.75 Å². The van der Waals surface area contributed by atoms with Crippen LogP contribution in [0.3, 0.4) is 0 Å². The first-order valence-electron chi connectivity index (χ1n) is 7.84. The first-order valence-corrected chi connectivity index (χ1v) is 10.1. The molecule has 4 nitrogen and oxygen atoms in total. The molecule has 1 N–H and O–H groups in total. The van der Waals surface area contributed by atoms with E-state index in [0.717, 1.165) is 15.6 Å². The number of thioether (sulfide) groups is 1. The van der Waals surface area contributed by atoms with Gasteiger partial charge >= 0.3 is 0 Å². The van der Waals surface area contributed by atoms with Gasteiger partial charge in [-0.3, -0.25) is 4.79 Å². The molecule has 0 radical (unpaired) electrons. The first-order chi connectivity index (χ1) is 12.5. The lowest BCUT2D eigenvalue weighted by Crippen LogP contribution is -2.13. The minimum absolute atomic E-state index is 0.108. The number of rotatable bonds is 6. The van der Waals surface area contributed by atoms with Gasteiger partial charge in [0.25, 0.3) is 0 Å². The number of nitrogens with zero attached hydrogens (tertiary/aromatic N) is 1. The molecule has 0 spiro atoms. The summed E-state index contributed by atoms with van der Waals surface area (Å²) >= 11 is 9.02. The van der Waals surface area contributed by atoms with E-state index in [2.05, 4.69) is 41.5 Å². The number of hydrogen-bond donors (Lipinski definition) is 1. The molecule has 134 valence electrons. The number of amides is 1. The van der Waals surface area contributed by atoms with Crippen LogP contribution in [0.15, 0.2) is 52.2 Å². The third kappa shape index (κ3) is 4.78. The fourth-order valence-corrected chi connectivity index (χ4v) is 4.14. The van der Waals surface area contributed by atoms with Crippen LogP contribution in [0.5, 0.6) is 5.75 Å². The number of methoxy groups -OCH3 is 1. The van der Waals surface area contributed by atoms with E-state index >= 15 is 0 Å². The number of ether oxygens (including phenoxy) is 1. The molecule has 0 unspecified atom stereocenters. The minimum Gasteiger partial charge on any atom is -0.495 e. The zero-order valence-electron chi connectivity index (χ0n) is 14.3. The number of nitrogens with one attached hydrogen (secondary N) is 1. The number of aromatic nitrogens is 1. The molecule has 0 saturated carbocycles. The molecule has 1 aromatic heterocycles. The number of halogens is 1. The predicted molar refractivity (Wildman–Crippen MR) is 110 cm³/mol. The Bertz CT molecular complexity index is 910. The second-order valence-electron chi connectivity index (χ2n) is 5.55. The number of benzene rings is 2. The summed E-state index contributed by atoms with van der Waals surface area (Å²) in [6, 6.07) is 13.4.